The zero-order valence-corrected chi connectivity index (χ0v) is 19.9. The predicted molar refractivity (Wildman–Crippen MR) is 130 cm³/mol. The quantitative estimate of drug-likeness (QED) is 0.407. The first-order valence-corrected chi connectivity index (χ1v) is 13.4. The summed E-state index contributed by atoms with van der Waals surface area (Å²) < 4.78 is 4.84. The lowest BCUT2D eigenvalue weighted by molar-refractivity contribution is -0.697. The van der Waals surface area contributed by atoms with Gasteiger partial charge in [-0.05, 0) is 50.7 Å². The summed E-state index contributed by atoms with van der Waals surface area (Å²) in [6.07, 6.45) is 32.5. The lowest BCUT2D eigenvalue weighted by atomic mass is 10.0. The van der Waals surface area contributed by atoms with Crippen LogP contribution >= 0.6 is 0 Å². The molecule has 0 spiro atoms. The van der Waals surface area contributed by atoms with E-state index in [1.807, 2.05) is 0 Å². The van der Waals surface area contributed by atoms with E-state index in [1.165, 1.54) is 133 Å². The minimum absolute atomic E-state index is 1.18. The fourth-order valence-electron chi connectivity index (χ4n) is 4.92. The molecule has 3 heterocycles. The molecule has 1 aliphatic heterocycles. The predicted octanol–water partition coefficient (Wildman–Crippen LogP) is 6.91. The van der Waals surface area contributed by atoms with E-state index < -0.39 is 0 Å². The molecule has 0 aliphatic carbocycles. The average Bonchev–Trinajstić information content (AvgIpc) is 2.79. The maximum Gasteiger partial charge on any atom is 0.171 e. The molecule has 1 aliphatic rings. The Morgan fingerprint density at radius 3 is 1.19 bits per heavy atom. The molecule has 31 heavy (non-hydrogen) atoms. The van der Waals surface area contributed by atoms with Gasteiger partial charge in [0.15, 0.2) is 24.8 Å². The highest BCUT2D eigenvalue weighted by molar-refractivity contribution is 5.05. The van der Waals surface area contributed by atoms with Gasteiger partial charge in [-0.2, -0.15) is 0 Å². The van der Waals surface area contributed by atoms with Crippen LogP contribution in [-0.2, 0) is 25.9 Å². The van der Waals surface area contributed by atoms with Crippen LogP contribution in [0.15, 0.2) is 49.1 Å². The van der Waals surface area contributed by atoms with Crippen molar-refractivity contribution in [2.24, 2.45) is 0 Å². The number of hydrogen-bond acceptors (Lipinski definition) is 0. The van der Waals surface area contributed by atoms with Crippen LogP contribution in [0.25, 0.3) is 0 Å². The van der Waals surface area contributed by atoms with Gasteiger partial charge < -0.3 is 0 Å². The van der Waals surface area contributed by atoms with Crippen molar-refractivity contribution in [3.05, 3.63) is 60.2 Å². The van der Waals surface area contributed by atoms with Crippen molar-refractivity contribution < 1.29 is 9.13 Å². The topological polar surface area (TPSA) is 7.76 Å². The Balaban J connectivity index is 1.43. The maximum absolute atomic E-state index is 2.42. The van der Waals surface area contributed by atoms with Crippen LogP contribution in [0.2, 0.25) is 0 Å². The maximum atomic E-state index is 2.42. The summed E-state index contributed by atoms with van der Waals surface area (Å²) in [5.41, 5.74) is 3.04. The summed E-state index contributed by atoms with van der Waals surface area (Å²) in [6, 6.07) is 9.12. The number of aromatic nitrogens is 2. The molecule has 2 aromatic heterocycles. The fourth-order valence-corrected chi connectivity index (χ4v) is 4.92. The van der Waals surface area contributed by atoms with Crippen LogP contribution in [0.3, 0.4) is 0 Å². The molecule has 0 saturated heterocycles. The second-order valence-electron chi connectivity index (χ2n) is 9.70. The second kappa shape index (κ2) is 15.2. The van der Waals surface area contributed by atoms with Gasteiger partial charge in [0.05, 0.1) is 0 Å². The molecule has 0 saturated carbocycles. The van der Waals surface area contributed by atoms with Gasteiger partial charge in [0.25, 0.3) is 0 Å². The number of pyridine rings is 2. The molecule has 0 unspecified atom stereocenters. The van der Waals surface area contributed by atoms with E-state index in [4.69, 9.17) is 0 Å². The van der Waals surface area contributed by atoms with Gasteiger partial charge in [-0.15, -0.1) is 0 Å². The van der Waals surface area contributed by atoms with Crippen molar-refractivity contribution in [1.29, 1.82) is 0 Å². The van der Waals surface area contributed by atoms with Gasteiger partial charge in [-0.25, -0.2) is 9.13 Å². The van der Waals surface area contributed by atoms with E-state index in [0.717, 1.165) is 0 Å². The Morgan fingerprint density at radius 2 is 0.774 bits per heavy atom. The van der Waals surface area contributed by atoms with E-state index in [0.29, 0.717) is 0 Å². The van der Waals surface area contributed by atoms with Gasteiger partial charge in [-0.1, -0.05) is 57.8 Å². The lowest BCUT2D eigenvalue weighted by Crippen LogP contribution is -2.33. The summed E-state index contributed by atoms with van der Waals surface area (Å²) in [7, 11) is 0. The Morgan fingerprint density at radius 1 is 0.419 bits per heavy atom. The Hall–Kier alpha value is -1.70. The molecule has 0 amide bonds. The van der Waals surface area contributed by atoms with E-state index in [2.05, 4.69) is 58.2 Å². The highest BCUT2D eigenvalue weighted by atomic mass is 14.9. The summed E-state index contributed by atoms with van der Waals surface area (Å²) in [5.74, 6) is 0. The van der Waals surface area contributed by atoms with Gasteiger partial charge in [0, 0.05) is 36.1 Å². The van der Waals surface area contributed by atoms with Gasteiger partial charge >= 0.3 is 0 Å². The van der Waals surface area contributed by atoms with Crippen molar-refractivity contribution in [2.75, 3.05) is 0 Å². The zero-order valence-electron chi connectivity index (χ0n) is 19.9. The molecule has 3 rings (SSSR count). The van der Waals surface area contributed by atoms with E-state index in [9.17, 15) is 0 Å². The van der Waals surface area contributed by atoms with E-state index in [-0.39, 0.29) is 0 Å². The third-order valence-corrected chi connectivity index (χ3v) is 6.85. The number of hydrogen-bond donors (Lipinski definition) is 0. The van der Waals surface area contributed by atoms with Crippen molar-refractivity contribution in [3.8, 4) is 0 Å². The zero-order chi connectivity index (χ0) is 21.4. The second-order valence-corrected chi connectivity index (χ2v) is 9.70. The van der Waals surface area contributed by atoms with E-state index in [1.54, 1.807) is 0 Å². The molecule has 4 bridgehead atoms. The fraction of sp³-hybridized carbons (Fsp3) is 0.655. The summed E-state index contributed by atoms with van der Waals surface area (Å²) in [5, 5.41) is 0. The molecule has 0 atom stereocenters. The minimum atomic E-state index is 1.18. The lowest BCUT2D eigenvalue weighted by Gasteiger charge is -2.03. The summed E-state index contributed by atoms with van der Waals surface area (Å²) in [6.45, 7) is 2.37. The van der Waals surface area contributed by atoms with Crippen molar-refractivity contribution in [3.63, 3.8) is 0 Å². The molecule has 2 heteroatoms. The minimum Gasteiger partial charge on any atom is -0.205 e. The standard InChI is InChI=1S/C29H46N2/c1-2-6-10-14-22-30-24-17-21-29(27-30)19-13-9-5-3-7-11-15-23-31-25-16-20-28(26-31)18-12-8-4-1/h16-17,20-21,24-27H,1-15,18-19,22-23H2/q+2. The van der Waals surface area contributed by atoms with Crippen LogP contribution in [0, 0.1) is 0 Å². The monoisotopic (exact) mass is 422 g/mol. The number of rotatable bonds is 0. The van der Waals surface area contributed by atoms with Gasteiger partial charge in [-0.3, -0.25) is 0 Å². The Kier molecular flexibility index (Phi) is 11.7. The molecule has 2 aromatic rings. The number of nitrogens with zero attached hydrogens (tertiary/aromatic N) is 2. The van der Waals surface area contributed by atoms with Gasteiger partial charge in [0.2, 0.25) is 0 Å². The molecule has 0 fully saturated rings. The van der Waals surface area contributed by atoms with Crippen molar-refractivity contribution >= 4 is 0 Å². The highest BCUT2D eigenvalue weighted by Crippen LogP contribution is 2.12. The molecular weight excluding hydrogens is 376 g/mol. The third-order valence-electron chi connectivity index (χ3n) is 6.85. The summed E-state index contributed by atoms with van der Waals surface area (Å²) in [4.78, 5) is 0. The average molecular weight is 423 g/mol. The van der Waals surface area contributed by atoms with Crippen LogP contribution in [0.5, 0.6) is 0 Å². The molecule has 0 aromatic carbocycles. The third kappa shape index (κ3) is 10.4. The SMILES string of the molecule is c1cc2c[n+](c1)CCCCCCCCCCc1ccc[n+](c1)CCCCCCCCC2. The highest BCUT2D eigenvalue weighted by Gasteiger charge is 2.05. The molecular formula is C29H46N2+2. The van der Waals surface area contributed by atoms with Crippen LogP contribution in [0.4, 0.5) is 0 Å². The molecule has 170 valence electrons. The van der Waals surface area contributed by atoms with Crippen LogP contribution in [-0.4, -0.2) is 0 Å². The summed E-state index contributed by atoms with van der Waals surface area (Å²) >= 11 is 0. The van der Waals surface area contributed by atoms with Gasteiger partial charge in [0.1, 0.15) is 13.1 Å². The largest absolute Gasteiger partial charge is 0.205 e. The smallest absolute Gasteiger partial charge is 0.171 e. The van der Waals surface area contributed by atoms with Crippen LogP contribution < -0.4 is 9.13 Å². The first kappa shape index (κ1) is 24.0. The molecule has 0 N–H and O–H groups in total. The van der Waals surface area contributed by atoms with Crippen molar-refractivity contribution in [2.45, 2.75) is 122 Å². The molecule has 2 nitrogen and oxygen atoms in total. The molecule has 0 radical (unpaired) electrons. The first-order valence-electron chi connectivity index (χ1n) is 13.4. The normalized spacial score (nSPS) is 19.1. The number of aryl methyl sites for hydroxylation is 4. The number of fused-ring (bicyclic) bond motifs is 4. The first-order chi connectivity index (χ1) is 15.4. The Labute approximate surface area is 191 Å². The van der Waals surface area contributed by atoms with Crippen LogP contribution in [0.1, 0.15) is 107 Å². The van der Waals surface area contributed by atoms with Crippen molar-refractivity contribution in [1.82, 2.24) is 0 Å². The van der Waals surface area contributed by atoms with E-state index >= 15 is 0 Å². The Bertz CT molecular complexity index is 663.